The predicted octanol–water partition coefficient (Wildman–Crippen LogP) is 2.22. The van der Waals surface area contributed by atoms with Crippen LogP contribution in [0, 0.1) is 5.92 Å². The lowest BCUT2D eigenvalue weighted by atomic mass is 10.0. The molecule has 1 aliphatic rings. The normalized spacial score (nSPS) is 19.3. The van der Waals surface area contributed by atoms with E-state index in [0.717, 1.165) is 25.9 Å². The van der Waals surface area contributed by atoms with Crippen LogP contribution in [0.3, 0.4) is 0 Å². The molecule has 6 heteroatoms. The highest BCUT2D eigenvalue weighted by Crippen LogP contribution is 2.16. The Bertz CT molecular complexity index is 536. The van der Waals surface area contributed by atoms with E-state index in [0.29, 0.717) is 23.0 Å². The van der Waals surface area contributed by atoms with Gasteiger partial charge in [-0.3, -0.25) is 25.3 Å². The van der Waals surface area contributed by atoms with E-state index in [4.69, 9.17) is 11.6 Å². The van der Waals surface area contributed by atoms with Gasteiger partial charge in [0.1, 0.15) is 0 Å². The standard InChI is InChI=1S/C16H22ClN3O2/c1-12-5-4-9-20(10-8-12)11-15(21)18-19-16(22)13-6-2-3-7-14(13)17/h2-3,6-7,12H,4-5,8-11H2,1H3,(H,18,21)(H,19,22)/t12-/m1/s1. The van der Waals surface area contributed by atoms with Gasteiger partial charge in [-0.25, -0.2) is 0 Å². The highest BCUT2D eigenvalue weighted by molar-refractivity contribution is 6.33. The molecule has 0 radical (unpaired) electrons. The molecule has 1 aromatic rings. The molecule has 120 valence electrons. The van der Waals surface area contributed by atoms with Crippen LogP contribution < -0.4 is 10.9 Å². The van der Waals surface area contributed by atoms with E-state index in [1.54, 1.807) is 24.3 Å². The lowest BCUT2D eigenvalue weighted by Gasteiger charge is -2.19. The fourth-order valence-corrected chi connectivity index (χ4v) is 2.78. The number of halogens is 1. The van der Waals surface area contributed by atoms with Gasteiger partial charge in [-0.15, -0.1) is 0 Å². The summed E-state index contributed by atoms with van der Waals surface area (Å²) in [6.07, 6.45) is 3.43. The van der Waals surface area contributed by atoms with E-state index in [9.17, 15) is 9.59 Å². The molecule has 2 rings (SSSR count). The lowest BCUT2D eigenvalue weighted by Crippen LogP contribution is -2.46. The molecule has 1 fully saturated rings. The van der Waals surface area contributed by atoms with Crippen LogP contribution >= 0.6 is 11.6 Å². The van der Waals surface area contributed by atoms with Crippen molar-refractivity contribution in [3.8, 4) is 0 Å². The van der Waals surface area contributed by atoms with Crippen LogP contribution in [0.2, 0.25) is 5.02 Å². The first kappa shape index (κ1) is 16.8. The lowest BCUT2D eigenvalue weighted by molar-refractivity contribution is -0.123. The summed E-state index contributed by atoms with van der Waals surface area (Å²) in [7, 11) is 0. The molecule has 0 unspecified atom stereocenters. The van der Waals surface area contributed by atoms with Gasteiger partial charge in [-0.05, 0) is 50.4 Å². The molecule has 1 saturated heterocycles. The molecule has 5 nitrogen and oxygen atoms in total. The molecular formula is C16H22ClN3O2. The third-order valence-corrected chi connectivity index (χ3v) is 4.24. The smallest absolute Gasteiger partial charge is 0.271 e. The first-order valence-electron chi connectivity index (χ1n) is 7.62. The van der Waals surface area contributed by atoms with Gasteiger partial charge in [0, 0.05) is 0 Å². The number of amides is 2. The third-order valence-electron chi connectivity index (χ3n) is 3.91. The molecule has 1 atom stereocenters. The molecule has 1 aliphatic heterocycles. The summed E-state index contributed by atoms with van der Waals surface area (Å²) in [5.41, 5.74) is 5.19. The van der Waals surface area contributed by atoms with E-state index in [2.05, 4.69) is 22.7 Å². The van der Waals surface area contributed by atoms with E-state index in [1.165, 1.54) is 6.42 Å². The highest BCUT2D eigenvalue weighted by Gasteiger charge is 2.17. The number of hydrogen-bond acceptors (Lipinski definition) is 3. The maximum atomic E-state index is 11.9. The molecule has 2 N–H and O–H groups in total. The Balaban J connectivity index is 1.78. The zero-order valence-corrected chi connectivity index (χ0v) is 13.5. The second-order valence-electron chi connectivity index (χ2n) is 5.79. The largest absolute Gasteiger partial charge is 0.294 e. The Hall–Kier alpha value is -1.59. The van der Waals surface area contributed by atoms with Crippen molar-refractivity contribution in [3.05, 3.63) is 34.9 Å². The molecule has 1 heterocycles. The fraction of sp³-hybridized carbons (Fsp3) is 0.500. The number of nitrogens with zero attached hydrogens (tertiary/aromatic N) is 1. The zero-order valence-electron chi connectivity index (χ0n) is 12.8. The minimum Gasteiger partial charge on any atom is -0.294 e. The van der Waals surface area contributed by atoms with Crippen molar-refractivity contribution in [2.75, 3.05) is 19.6 Å². The number of likely N-dealkylation sites (tertiary alicyclic amines) is 1. The Labute approximate surface area is 136 Å². The van der Waals surface area contributed by atoms with E-state index >= 15 is 0 Å². The van der Waals surface area contributed by atoms with Crippen molar-refractivity contribution in [1.29, 1.82) is 0 Å². The number of rotatable bonds is 3. The Morgan fingerprint density at radius 1 is 1.23 bits per heavy atom. The van der Waals surface area contributed by atoms with Crippen molar-refractivity contribution < 1.29 is 9.59 Å². The molecule has 0 aliphatic carbocycles. The number of carbonyl (C=O) groups is 2. The third kappa shape index (κ3) is 5.00. The van der Waals surface area contributed by atoms with Gasteiger partial charge in [0.05, 0.1) is 17.1 Å². The van der Waals surface area contributed by atoms with Crippen LogP contribution in [0.25, 0.3) is 0 Å². The topological polar surface area (TPSA) is 61.4 Å². The molecule has 0 bridgehead atoms. The van der Waals surface area contributed by atoms with Crippen molar-refractivity contribution in [3.63, 3.8) is 0 Å². The number of benzene rings is 1. The Kier molecular flexibility index (Phi) is 6.21. The van der Waals surface area contributed by atoms with Crippen molar-refractivity contribution in [2.45, 2.75) is 26.2 Å². The molecule has 0 spiro atoms. The van der Waals surface area contributed by atoms with Crippen molar-refractivity contribution in [1.82, 2.24) is 15.8 Å². The Morgan fingerprint density at radius 2 is 2.00 bits per heavy atom. The van der Waals surface area contributed by atoms with E-state index in [-0.39, 0.29) is 5.91 Å². The van der Waals surface area contributed by atoms with Crippen molar-refractivity contribution >= 4 is 23.4 Å². The summed E-state index contributed by atoms with van der Waals surface area (Å²) in [6.45, 7) is 4.40. The molecule has 0 saturated carbocycles. The molecule has 22 heavy (non-hydrogen) atoms. The summed E-state index contributed by atoms with van der Waals surface area (Å²) < 4.78 is 0. The minimum atomic E-state index is -0.413. The van der Waals surface area contributed by atoms with Crippen LogP contribution in [-0.4, -0.2) is 36.3 Å². The van der Waals surface area contributed by atoms with Gasteiger partial charge in [0.2, 0.25) is 0 Å². The van der Waals surface area contributed by atoms with Crippen LogP contribution in [0.1, 0.15) is 36.5 Å². The summed E-state index contributed by atoms with van der Waals surface area (Å²) in [5.74, 6) is 0.0892. The predicted molar refractivity (Wildman–Crippen MR) is 86.5 cm³/mol. The van der Waals surface area contributed by atoms with Crippen LogP contribution in [-0.2, 0) is 4.79 Å². The molecular weight excluding hydrogens is 302 g/mol. The zero-order chi connectivity index (χ0) is 15.9. The van der Waals surface area contributed by atoms with Crippen molar-refractivity contribution in [2.24, 2.45) is 5.92 Å². The minimum absolute atomic E-state index is 0.213. The van der Waals surface area contributed by atoms with Gasteiger partial charge in [0.25, 0.3) is 11.8 Å². The van der Waals surface area contributed by atoms with Gasteiger partial charge in [0.15, 0.2) is 0 Å². The first-order valence-corrected chi connectivity index (χ1v) is 8.00. The second kappa shape index (κ2) is 8.15. The highest BCUT2D eigenvalue weighted by atomic mass is 35.5. The summed E-state index contributed by atoms with van der Waals surface area (Å²) in [4.78, 5) is 26.0. The molecule has 1 aromatic carbocycles. The SMILES string of the molecule is C[C@@H]1CCCN(CC(=O)NNC(=O)c2ccccc2Cl)CC1. The fourth-order valence-electron chi connectivity index (χ4n) is 2.56. The number of hydrogen-bond donors (Lipinski definition) is 2. The monoisotopic (exact) mass is 323 g/mol. The average molecular weight is 324 g/mol. The van der Waals surface area contributed by atoms with Gasteiger partial charge >= 0.3 is 0 Å². The molecule has 0 aromatic heterocycles. The van der Waals surface area contributed by atoms with Crippen LogP contribution in [0.15, 0.2) is 24.3 Å². The van der Waals surface area contributed by atoms with E-state index in [1.807, 2.05) is 0 Å². The van der Waals surface area contributed by atoms with E-state index < -0.39 is 5.91 Å². The van der Waals surface area contributed by atoms with Gasteiger partial charge < -0.3 is 0 Å². The summed E-state index contributed by atoms with van der Waals surface area (Å²) in [5, 5.41) is 0.357. The van der Waals surface area contributed by atoms with Crippen LogP contribution in [0.5, 0.6) is 0 Å². The number of carbonyl (C=O) groups excluding carboxylic acids is 2. The van der Waals surface area contributed by atoms with Crippen LogP contribution in [0.4, 0.5) is 0 Å². The maximum Gasteiger partial charge on any atom is 0.271 e. The van der Waals surface area contributed by atoms with Gasteiger partial charge in [-0.2, -0.15) is 0 Å². The van der Waals surface area contributed by atoms with Gasteiger partial charge in [-0.1, -0.05) is 30.7 Å². The molecule has 2 amide bonds. The quantitative estimate of drug-likeness (QED) is 0.839. The number of hydrazine groups is 1. The first-order chi connectivity index (χ1) is 10.6. The summed E-state index contributed by atoms with van der Waals surface area (Å²) >= 11 is 5.94. The number of nitrogens with one attached hydrogen (secondary N) is 2. The average Bonchev–Trinajstić information content (AvgIpc) is 2.70. The Morgan fingerprint density at radius 3 is 2.77 bits per heavy atom. The second-order valence-corrected chi connectivity index (χ2v) is 6.20. The maximum absolute atomic E-state index is 11.9. The summed E-state index contributed by atoms with van der Waals surface area (Å²) in [6, 6.07) is 6.72.